The molecule has 4 aliphatic rings. The average Bonchev–Trinajstić information content (AvgIpc) is 2.84. The van der Waals surface area contributed by atoms with E-state index in [9.17, 15) is 4.79 Å². The first-order valence-electron chi connectivity index (χ1n) is 8.74. The molecule has 1 heteroatoms. The summed E-state index contributed by atoms with van der Waals surface area (Å²) in [6.07, 6.45) is 16.5. The molecule has 0 aromatic rings. The molecule has 0 N–H and O–H groups in total. The van der Waals surface area contributed by atoms with Crippen molar-refractivity contribution in [3.63, 3.8) is 0 Å². The lowest BCUT2D eigenvalue weighted by Gasteiger charge is -2.55. The van der Waals surface area contributed by atoms with E-state index in [1.807, 2.05) is 6.08 Å². The van der Waals surface area contributed by atoms with Crippen LogP contribution in [0.25, 0.3) is 0 Å². The molecule has 0 saturated heterocycles. The zero-order valence-electron chi connectivity index (χ0n) is 13.8. The Morgan fingerprint density at radius 3 is 2.82 bits per heavy atom. The summed E-state index contributed by atoms with van der Waals surface area (Å²) in [7, 11) is 0. The Morgan fingerprint density at radius 1 is 1.23 bits per heavy atom. The number of rotatable bonds is 1. The van der Waals surface area contributed by atoms with Crippen LogP contribution in [0.3, 0.4) is 0 Å². The van der Waals surface area contributed by atoms with Gasteiger partial charge in [-0.1, -0.05) is 50.3 Å². The third-order valence-electron chi connectivity index (χ3n) is 7.38. The van der Waals surface area contributed by atoms with Crippen LogP contribution in [0.15, 0.2) is 48.1 Å². The van der Waals surface area contributed by atoms with E-state index in [1.54, 1.807) is 0 Å². The Morgan fingerprint density at radius 2 is 2.05 bits per heavy atom. The maximum Gasteiger partial charge on any atom is 0.159 e. The molecule has 1 nitrogen and oxygen atoms in total. The van der Waals surface area contributed by atoms with Gasteiger partial charge in [0.1, 0.15) is 0 Å². The van der Waals surface area contributed by atoms with E-state index < -0.39 is 0 Å². The summed E-state index contributed by atoms with van der Waals surface area (Å²) in [6, 6.07) is 0. The second kappa shape index (κ2) is 4.57. The minimum Gasteiger partial charge on any atom is -0.295 e. The molecule has 116 valence electrons. The van der Waals surface area contributed by atoms with E-state index in [0.29, 0.717) is 17.8 Å². The minimum atomic E-state index is 0.120. The van der Waals surface area contributed by atoms with Gasteiger partial charge in [-0.25, -0.2) is 0 Å². The first kappa shape index (κ1) is 14.2. The van der Waals surface area contributed by atoms with Gasteiger partial charge >= 0.3 is 0 Å². The fourth-order valence-electron chi connectivity index (χ4n) is 6.02. The van der Waals surface area contributed by atoms with Crippen molar-refractivity contribution in [2.45, 2.75) is 46.0 Å². The predicted octanol–water partition coefficient (Wildman–Crippen LogP) is 5.02. The van der Waals surface area contributed by atoms with E-state index >= 15 is 0 Å². The SMILES string of the molecule is C=CC1=CCC2C3CC=C4CC(=O)C=C[C@]4(C)C3CC[C@]12C. The molecule has 0 aliphatic heterocycles. The monoisotopic (exact) mass is 294 g/mol. The molecule has 0 spiro atoms. The summed E-state index contributed by atoms with van der Waals surface area (Å²) in [5, 5.41) is 0. The first-order valence-corrected chi connectivity index (χ1v) is 8.74. The summed E-state index contributed by atoms with van der Waals surface area (Å²) in [5.74, 6) is 2.48. The van der Waals surface area contributed by atoms with E-state index in [-0.39, 0.29) is 11.2 Å². The largest absolute Gasteiger partial charge is 0.295 e. The number of carbonyl (C=O) groups excluding carboxylic acids is 1. The summed E-state index contributed by atoms with van der Waals surface area (Å²) in [5.41, 5.74) is 3.32. The van der Waals surface area contributed by atoms with Crippen LogP contribution >= 0.6 is 0 Å². The van der Waals surface area contributed by atoms with Crippen molar-refractivity contribution in [2.24, 2.45) is 28.6 Å². The van der Waals surface area contributed by atoms with Crippen LogP contribution in [0.1, 0.15) is 46.0 Å². The number of hydrogen-bond donors (Lipinski definition) is 0. The molecule has 0 bridgehead atoms. The van der Waals surface area contributed by atoms with E-state index in [4.69, 9.17) is 0 Å². The molecule has 0 radical (unpaired) electrons. The van der Waals surface area contributed by atoms with Crippen molar-refractivity contribution >= 4 is 5.78 Å². The zero-order chi connectivity index (χ0) is 15.5. The smallest absolute Gasteiger partial charge is 0.159 e. The lowest BCUT2D eigenvalue weighted by Crippen LogP contribution is -2.48. The molecular formula is C21H26O. The Kier molecular flexibility index (Phi) is 2.95. The molecule has 0 aromatic heterocycles. The van der Waals surface area contributed by atoms with Crippen molar-refractivity contribution in [1.82, 2.24) is 0 Å². The molecule has 1 fully saturated rings. The molecule has 0 amide bonds. The topological polar surface area (TPSA) is 17.1 Å². The Balaban J connectivity index is 1.72. The van der Waals surface area contributed by atoms with Crippen LogP contribution in [-0.4, -0.2) is 5.78 Å². The van der Waals surface area contributed by atoms with Crippen molar-refractivity contribution < 1.29 is 4.79 Å². The molecule has 0 heterocycles. The Hall–Kier alpha value is -1.37. The van der Waals surface area contributed by atoms with Gasteiger partial charge in [-0.05, 0) is 60.5 Å². The summed E-state index contributed by atoms with van der Waals surface area (Å²) >= 11 is 0. The second-order valence-electron chi connectivity index (χ2n) is 8.16. The number of hydrogen-bond acceptors (Lipinski definition) is 1. The van der Waals surface area contributed by atoms with Gasteiger partial charge in [0, 0.05) is 11.8 Å². The van der Waals surface area contributed by atoms with Gasteiger partial charge < -0.3 is 0 Å². The van der Waals surface area contributed by atoms with Gasteiger partial charge in [-0.3, -0.25) is 4.79 Å². The van der Waals surface area contributed by atoms with E-state index in [0.717, 1.165) is 18.3 Å². The van der Waals surface area contributed by atoms with Crippen molar-refractivity contribution in [3.8, 4) is 0 Å². The van der Waals surface area contributed by atoms with Gasteiger partial charge in [0.25, 0.3) is 0 Å². The molecule has 3 unspecified atom stereocenters. The standard InChI is InChI=1S/C21H26O/c1-4-14-6-8-18-17-7-5-15-13-16(22)9-11-21(15,3)19(17)10-12-20(14,18)2/h4-6,9,11,17-19H,1,7-8,10,12-13H2,2-3H3/t17?,18?,19?,20-,21+/m1/s1. The highest BCUT2D eigenvalue weighted by atomic mass is 16.1. The minimum absolute atomic E-state index is 0.120. The van der Waals surface area contributed by atoms with Crippen LogP contribution in [0.5, 0.6) is 0 Å². The summed E-state index contributed by atoms with van der Waals surface area (Å²) < 4.78 is 0. The first-order chi connectivity index (χ1) is 10.5. The van der Waals surface area contributed by atoms with Gasteiger partial charge in [-0.15, -0.1) is 0 Å². The van der Waals surface area contributed by atoms with Crippen LogP contribution in [0, 0.1) is 28.6 Å². The van der Waals surface area contributed by atoms with Crippen molar-refractivity contribution in [3.05, 3.63) is 48.1 Å². The highest BCUT2D eigenvalue weighted by molar-refractivity contribution is 5.93. The Bertz CT molecular complexity index is 634. The average molecular weight is 294 g/mol. The van der Waals surface area contributed by atoms with Crippen molar-refractivity contribution in [2.75, 3.05) is 0 Å². The maximum atomic E-state index is 11.8. The zero-order valence-corrected chi connectivity index (χ0v) is 13.8. The normalized spacial score (nSPS) is 46.3. The fourth-order valence-corrected chi connectivity index (χ4v) is 6.02. The molecular weight excluding hydrogens is 268 g/mol. The van der Waals surface area contributed by atoms with Gasteiger partial charge in [0.15, 0.2) is 5.78 Å². The van der Waals surface area contributed by atoms with Crippen LogP contribution < -0.4 is 0 Å². The van der Waals surface area contributed by atoms with Gasteiger partial charge in [0.05, 0.1) is 0 Å². The number of allylic oxidation sites excluding steroid dienone is 7. The van der Waals surface area contributed by atoms with Crippen LogP contribution in [-0.2, 0) is 4.79 Å². The highest BCUT2D eigenvalue weighted by Crippen LogP contribution is 2.63. The molecule has 1 saturated carbocycles. The highest BCUT2D eigenvalue weighted by Gasteiger charge is 2.55. The lowest BCUT2D eigenvalue weighted by atomic mass is 9.48. The molecule has 0 aromatic carbocycles. The van der Waals surface area contributed by atoms with E-state index in [2.05, 4.69) is 44.7 Å². The number of ketones is 1. The van der Waals surface area contributed by atoms with Gasteiger partial charge in [-0.2, -0.15) is 0 Å². The van der Waals surface area contributed by atoms with Crippen molar-refractivity contribution in [1.29, 1.82) is 0 Å². The van der Waals surface area contributed by atoms with Crippen LogP contribution in [0.4, 0.5) is 0 Å². The predicted molar refractivity (Wildman–Crippen MR) is 90.3 cm³/mol. The molecule has 4 rings (SSSR count). The fraction of sp³-hybridized carbons (Fsp3) is 0.571. The molecule has 4 aliphatic carbocycles. The number of fused-ring (bicyclic) bond motifs is 5. The molecule has 5 atom stereocenters. The summed E-state index contributed by atoms with van der Waals surface area (Å²) in [4.78, 5) is 11.8. The second-order valence-corrected chi connectivity index (χ2v) is 8.16. The Labute approximate surface area is 133 Å². The number of carbonyl (C=O) groups is 1. The quantitative estimate of drug-likeness (QED) is 0.621. The third kappa shape index (κ3) is 1.68. The van der Waals surface area contributed by atoms with Crippen LogP contribution in [0.2, 0.25) is 0 Å². The van der Waals surface area contributed by atoms with E-state index in [1.165, 1.54) is 30.4 Å². The summed E-state index contributed by atoms with van der Waals surface area (Å²) in [6.45, 7) is 8.87. The molecule has 22 heavy (non-hydrogen) atoms. The lowest BCUT2D eigenvalue weighted by molar-refractivity contribution is -0.115. The maximum absolute atomic E-state index is 11.8. The third-order valence-corrected chi connectivity index (χ3v) is 7.38. The van der Waals surface area contributed by atoms with Gasteiger partial charge in [0.2, 0.25) is 0 Å².